The van der Waals surface area contributed by atoms with Gasteiger partial charge in [0, 0.05) is 0 Å². The Labute approximate surface area is 138 Å². The lowest BCUT2D eigenvalue weighted by molar-refractivity contribution is -0.139. The summed E-state index contributed by atoms with van der Waals surface area (Å²) in [5.74, 6) is -0.900. The molecular formula is C14H11BrN2O4S. The summed E-state index contributed by atoms with van der Waals surface area (Å²) in [6.07, 6.45) is 1.48. The molecule has 22 heavy (non-hydrogen) atoms. The highest BCUT2D eigenvalue weighted by Gasteiger charge is 2.05. The second-order valence-corrected chi connectivity index (χ2v) is 5.85. The molecule has 1 amide bonds. The van der Waals surface area contributed by atoms with E-state index in [1.165, 1.54) is 17.6 Å². The van der Waals surface area contributed by atoms with Crippen LogP contribution in [0.1, 0.15) is 15.2 Å². The third-order valence-corrected chi connectivity index (χ3v) is 3.92. The van der Waals surface area contributed by atoms with Crippen molar-refractivity contribution in [1.82, 2.24) is 5.43 Å². The van der Waals surface area contributed by atoms with Crippen LogP contribution in [0.5, 0.6) is 5.75 Å². The third kappa shape index (κ3) is 4.68. The minimum atomic E-state index is -1.05. The maximum absolute atomic E-state index is 11.7. The van der Waals surface area contributed by atoms with E-state index in [9.17, 15) is 9.59 Å². The largest absolute Gasteiger partial charge is 0.481 e. The molecule has 0 fully saturated rings. The van der Waals surface area contributed by atoms with Crippen LogP contribution in [-0.4, -0.2) is 29.8 Å². The summed E-state index contributed by atoms with van der Waals surface area (Å²) in [4.78, 5) is 22.7. The van der Waals surface area contributed by atoms with Gasteiger partial charge in [-0.3, -0.25) is 4.79 Å². The average Bonchev–Trinajstić information content (AvgIpc) is 3.00. The van der Waals surface area contributed by atoms with E-state index >= 15 is 0 Å². The van der Waals surface area contributed by atoms with Gasteiger partial charge in [0.2, 0.25) is 0 Å². The Morgan fingerprint density at radius 3 is 2.86 bits per heavy atom. The highest BCUT2D eigenvalue weighted by molar-refractivity contribution is 9.10. The van der Waals surface area contributed by atoms with Gasteiger partial charge in [-0.25, -0.2) is 10.2 Å². The summed E-state index contributed by atoms with van der Waals surface area (Å²) in [7, 11) is 0. The first-order valence-corrected chi connectivity index (χ1v) is 7.74. The number of benzene rings is 1. The first-order valence-electron chi connectivity index (χ1n) is 6.07. The number of hydrogen-bond donors (Lipinski definition) is 2. The molecule has 0 bridgehead atoms. The lowest BCUT2D eigenvalue weighted by Gasteiger charge is -2.06. The molecule has 2 N–H and O–H groups in total. The summed E-state index contributed by atoms with van der Waals surface area (Å²) in [6, 6.07) is 8.52. The van der Waals surface area contributed by atoms with E-state index in [1.807, 2.05) is 5.38 Å². The van der Waals surface area contributed by atoms with Gasteiger partial charge in [-0.2, -0.15) is 5.10 Å². The molecule has 0 saturated carbocycles. The molecule has 6 nitrogen and oxygen atoms in total. The van der Waals surface area contributed by atoms with Crippen molar-refractivity contribution >= 4 is 45.4 Å². The zero-order valence-electron chi connectivity index (χ0n) is 11.2. The molecule has 0 aliphatic carbocycles. The van der Waals surface area contributed by atoms with Gasteiger partial charge in [-0.1, -0.05) is 6.07 Å². The van der Waals surface area contributed by atoms with Crippen molar-refractivity contribution in [2.24, 2.45) is 5.10 Å². The molecule has 0 spiro atoms. The number of nitrogens with zero attached hydrogens (tertiary/aromatic N) is 1. The fourth-order valence-corrected chi connectivity index (χ4v) is 2.61. The minimum absolute atomic E-state index is 0.272. The topological polar surface area (TPSA) is 88.0 Å². The number of carboxylic acids is 1. The number of carbonyl (C=O) groups is 2. The van der Waals surface area contributed by atoms with E-state index in [1.54, 1.807) is 30.3 Å². The van der Waals surface area contributed by atoms with Crippen LogP contribution in [-0.2, 0) is 4.79 Å². The first kappa shape index (κ1) is 16.2. The van der Waals surface area contributed by atoms with Crippen LogP contribution in [0.4, 0.5) is 0 Å². The molecule has 8 heteroatoms. The number of ether oxygens (including phenoxy) is 1. The van der Waals surface area contributed by atoms with Crippen LogP contribution < -0.4 is 10.2 Å². The van der Waals surface area contributed by atoms with Gasteiger partial charge >= 0.3 is 5.97 Å². The molecular weight excluding hydrogens is 372 g/mol. The Morgan fingerprint density at radius 2 is 2.23 bits per heavy atom. The Balaban J connectivity index is 1.95. The molecule has 1 aromatic carbocycles. The fraction of sp³-hybridized carbons (Fsp3) is 0.0714. The van der Waals surface area contributed by atoms with E-state index < -0.39 is 12.6 Å². The minimum Gasteiger partial charge on any atom is -0.481 e. The van der Waals surface area contributed by atoms with E-state index in [-0.39, 0.29) is 5.91 Å². The van der Waals surface area contributed by atoms with Crippen molar-refractivity contribution in [3.8, 4) is 5.75 Å². The Hall–Kier alpha value is -2.19. The van der Waals surface area contributed by atoms with Gasteiger partial charge in [-0.15, -0.1) is 11.3 Å². The monoisotopic (exact) mass is 382 g/mol. The van der Waals surface area contributed by atoms with Crippen molar-refractivity contribution in [3.05, 3.63) is 50.6 Å². The van der Waals surface area contributed by atoms with Crippen LogP contribution >= 0.6 is 27.3 Å². The van der Waals surface area contributed by atoms with Crippen LogP contribution in [0.3, 0.4) is 0 Å². The van der Waals surface area contributed by atoms with Crippen LogP contribution in [0, 0.1) is 0 Å². The molecule has 2 rings (SSSR count). The lowest BCUT2D eigenvalue weighted by atomic mass is 10.2. The normalized spacial score (nSPS) is 10.6. The second-order valence-electron chi connectivity index (χ2n) is 4.05. The Kier molecular flexibility index (Phi) is 5.68. The Morgan fingerprint density at radius 1 is 1.41 bits per heavy atom. The zero-order chi connectivity index (χ0) is 15.9. The SMILES string of the molecule is O=C(O)COc1ccc(/C=N\NC(=O)c2cccs2)cc1Br. The molecule has 0 saturated heterocycles. The van der Waals surface area contributed by atoms with Gasteiger partial charge in [0.15, 0.2) is 6.61 Å². The molecule has 0 radical (unpaired) electrons. The fourth-order valence-electron chi connectivity index (χ4n) is 1.48. The molecule has 1 heterocycles. The number of aliphatic carboxylic acids is 1. The number of rotatable bonds is 6. The molecule has 0 aliphatic rings. The molecule has 0 aliphatic heterocycles. The van der Waals surface area contributed by atoms with Crippen molar-refractivity contribution in [2.45, 2.75) is 0 Å². The summed E-state index contributed by atoms with van der Waals surface area (Å²) in [5.41, 5.74) is 3.15. The van der Waals surface area contributed by atoms with Crippen molar-refractivity contribution in [2.75, 3.05) is 6.61 Å². The van der Waals surface area contributed by atoms with E-state index in [0.29, 0.717) is 15.1 Å². The third-order valence-electron chi connectivity index (χ3n) is 2.43. The number of hydrogen-bond acceptors (Lipinski definition) is 5. The summed E-state index contributed by atoms with van der Waals surface area (Å²) in [6.45, 7) is -0.414. The molecule has 1 aromatic heterocycles. The van der Waals surface area contributed by atoms with Crippen LogP contribution in [0.15, 0.2) is 45.3 Å². The van der Waals surface area contributed by atoms with Gasteiger partial charge in [0.05, 0.1) is 15.6 Å². The van der Waals surface area contributed by atoms with Gasteiger partial charge in [-0.05, 0) is 51.1 Å². The van der Waals surface area contributed by atoms with Crippen molar-refractivity contribution in [1.29, 1.82) is 0 Å². The van der Waals surface area contributed by atoms with E-state index in [2.05, 4.69) is 26.5 Å². The van der Waals surface area contributed by atoms with E-state index in [4.69, 9.17) is 9.84 Å². The first-order chi connectivity index (χ1) is 10.6. The highest BCUT2D eigenvalue weighted by atomic mass is 79.9. The summed E-state index contributed by atoms with van der Waals surface area (Å²) < 4.78 is 5.68. The molecule has 0 atom stereocenters. The molecule has 0 unspecified atom stereocenters. The van der Waals surface area contributed by atoms with Crippen molar-refractivity contribution in [3.63, 3.8) is 0 Å². The predicted molar refractivity (Wildman–Crippen MR) is 86.7 cm³/mol. The smallest absolute Gasteiger partial charge is 0.341 e. The molecule has 2 aromatic rings. The maximum atomic E-state index is 11.7. The average molecular weight is 383 g/mol. The number of amides is 1. The number of carboxylic acid groups (broad SMARTS) is 1. The highest BCUT2D eigenvalue weighted by Crippen LogP contribution is 2.25. The van der Waals surface area contributed by atoms with Crippen LogP contribution in [0.2, 0.25) is 0 Å². The zero-order valence-corrected chi connectivity index (χ0v) is 13.6. The quantitative estimate of drug-likeness (QED) is 0.593. The predicted octanol–water partition coefficient (Wildman–Crippen LogP) is 2.74. The molecule has 114 valence electrons. The standard InChI is InChI=1S/C14H11BrN2O4S/c15-10-6-9(3-4-11(10)21-8-13(18)19)7-16-17-14(20)12-2-1-5-22-12/h1-7H,8H2,(H,17,20)(H,18,19)/b16-7-. The van der Waals surface area contributed by atoms with E-state index in [0.717, 1.165) is 5.56 Å². The lowest BCUT2D eigenvalue weighted by Crippen LogP contribution is -2.16. The Bertz CT molecular complexity index is 701. The number of thiophene rings is 1. The number of hydrazone groups is 1. The van der Waals surface area contributed by atoms with Crippen LogP contribution in [0.25, 0.3) is 0 Å². The number of halogens is 1. The number of carbonyl (C=O) groups excluding carboxylic acids is 1. The van der Waals surface area contributed by atoms with Gasteiger partial charge < -0.3 is 9.84 Å². The second kappa shape index (κ2) is 7.71. The van der Waals surface area contributed by atoms with Gasteiger partial charge in [0.1, 0.15) is 5.75 Å². The number of nitrogens with one attached hydrogen (secondary N) is 1. The van der Waals surface area contributed by atoms with Crippen molar-refractivity contribution < 1.29 is 19.4 Å². The summed E-state index contributed by atoms with van der Waals surface area (Å²) in [5, 5.41) is 14.2. The maximum Gasteiger partial charge on any atom is 0.341 e. The summed E-state index contributed by atoms with van der Waals surface area (Å²) >= 11 is 4.62. The van der Waals surface area contributed by atoms with Gasteiger partial charge in [0.25, 0.3) is 5.91 Å².